The summed E-state index contributed by atoms with van der Waals surface area (Å²) in [6.07, 6.45) is 1.90. The first-order valence-electron chi connectivity index (χ1n) is 4.13. The standard InChI is InChI=1S/C10H13NOS/c1-3-12-9-6-4-8(5-7-9)10(11)13-2/h4-7,11H,3H2,1-2H3. The molecule has 1 aromatic rings. The van der Waals surface area contributed by atoms with Gasteiger partial charge in [-0.2, -0.15) is 0 Å². The third-order valence-electron chi connectivity index (χ3n) is 1.63. The van der Waals surface area contributed by atoms with Crippen LogP contribution in [0.3, 0.4) is 0 Å². The Morgan fingerprint density at radius 3 is 2.46 bits per heavy atom. The Morgan fingerprint density at radius 2 is 2.00 bits per heavy atom. The van der Waals surface area contributed by atoms with E-state index in [1.807, 2.05) is 37.4 Å². The zero-order valence-electron chi connectivity index (χ0n) is 7.83. The third-order valence-corrected chi connectivity index (χ3v) is 2.28. The van der Waals surface area contributed by atoms with E-state index in [4.69, 9.17) is 10.1 Å². The van der Waals surface area contributed by atoms with E-state index >= 15 is 0 Å². The van der Waals surface area contributed by atoms with Crippen molar-refractivity contribution in [2.24, 2.45) is 0 Å². The number of benzene rings is 1. The summed E-state index contributed by atoms with van der Waals surface area (Å²) in [5.74, 6) is 0.861. The fourth-order valence-corrected chi connectivity index (χ4v) is 1.36. The second-order valence-electron chi connectivity index (χ2n) is 2.49. The molecule has 0 saturated heterocycles. The maximum atomic E-state index is 7.57. The molecule has 70 valence electrons. The fourth-order valence-electron chi connectivity index (χ4n) is 0.987. The van der Waals surface area contributed by atoms with Gasteiger partial charge in [0.05, 0.1) is 11.7 Å². The summed E-state index contributed by atoms with van der Waals surface area (Å²) in [5, 5.41) is 8.16. The van der Waals surface area contributed by atoms with Crippen molar-refractivity contribution >= 4 is 16.8 Å². The van der Waals surface area contributed by atoms with Gasteiger partial charge in [0.2, 0.25) is 0 Å². The molecule has 13 heavy (non-hydrogen) atoms. The number of hydrogen-bond donors (Lipinski definition) is 1. The molecule has 0 spiro atoms. The fraction of sp³-hybridized carbons (Fsp3) is 0.300. The van der Waals surface area contributed by atoms with Crippen LogP contribution in [-0.2, 0) is 0 Å². The molecule has 0 bridgehead atoms. The summed E-state index contributed by atoms with van der Waals surface area (Å²) in [6, 6.07) is 7.60. The lowest BCUT2D eigenvalue weighted by atomic mass is 10.2. The second kappa shape index (κ2) is 4.92. The Hall–Kier alpha value is -0.960. The molecule has 0 atom stereocenters. The van der Waals surface area contributed by atoms with Gasteiger partial charge >= 0.3 is 0 Å². The van der Waals surface area contributed by atoms with Crippen LogP contribution in [0.15, 0.2) is 24.3 Å². The normalized spacial score (nSPS) is 9.69. The van der Waals surface area contributed by atoms with E-state index in [2.05, 4.69) is 0 Å². The number of hydrogen-bond acceptors (Lipinski definition) is 3. The largest absolute Gasteiger partial charge is 0.494 e. The van der Waals surface area contributed by atoms with Gasteiger partial charge in [0.15, 0.2) is 0 Å². The van der Waals surface area contributed by atoms with Gasteiger partial charge in [-0.25, -0.2) is 0 Å². The predicted molar refractivity (Wildman–Crippen MR) is 58.0 cm³/mol. The van der Waals surface area contributed by atoms with Gasteiger partial charge in [-0.1, -0.05) is 0 Å². The summed E-state index contributed by atoms with van der Waals surface area (Å²) >= 11 is 1.44. The summed E-state index contributed by atoms with van der Waals surface area (Å²) < 4.78 is 5.30. The van der Waals surface area contributed by atoms with E-state index in [1.165, 1.54) is 11.8 Å². The second-order valence-corrected chi connectivity index (χ2v) is 3.31. The number of nitrogens with one attached hydrogen (secondary N) is 1. The zero-order valence-corrected chi connectivity index (χ0v) is 8.65. The average molecular weight is 195 g/mol. The van der Waals surface area contributed by atoms with E-state index in [1.54, 1.807) is 0 Å². The molecule has 1 N–H and O–H groups in total. The summed E-state index contributed by atoms with van der Waals surface area (Å²) in [7, 11) is 0. The molecule has 0 radical (unpaired) electrons. The Bertz CT molecular complexity index is 281. The van der Waals surface area contributed by atoms with Crippen molar-refractivity contribution in [2.45, 2.75) is 6.92 Å². The smallest absolute Gasteiger partial charge is 0.119 e. The molecule has 0 aromatic heterocycles. The van der Waals surface area contributed by atoms with E-state index < -0.39 is 0 Å². The molecule has 0 heterocycles. The molecule has 2 nitrogen and oxygen atoms in total. The highest BCUT2D eigenvalue weighted by atomic mass is 32.2. The first-order chi connectivity index (χ1) is 6.27. The van der Waals surface area contributed by atoms with Crippen molar-refractivity contribution in [3.63, 3.8) is 0 Å². The highest BCUT2D eigenvalue weighted by Crippen LogP contribution is 2.15. The van der Waals surface area contributed by atoms with E-state index in [0.29, 0.717) is 11.7 Å². The van der Waals surface area contributed by atoms with Crippen LogP contribution < -0.4 is 4.74 Å². The summed E-state index contributed by atoms with van der Waals surface area (Å²) in [4.78, 5) is 0. The Kier molecular flexibility index (Phi) is 3.83. The van der Waals surface area contributed by atoms with E-state index in [0.717, 1.165) is 11.3 Å². The molecular weight excluding hydrogens is 182 g/mol. The molecule has 3 heteroatoms. The zero-order chi connectivity index (χ0) is 9.68. The van der Waals surface area contributed by atoms with Crippen LogP contribution in [-0.4, -0.2) is 17.9 Å². The lowest BCUT2D eigenvalue weighted by Gasteiger charge is -2.04. The molecule has 1 rings (SSSR count). The predicted octanol–water partition coefficient (Wildman–Crippen LogP) is 2.77. The van der Waals surface area contributed by atoms with E-state index in [9.17, 15) is 0 Å². The van der Waals surface area contributed by atoms with Gasteiger partial charge in [-0.05, 0) is 37.4 Å². The maximum Gasteiger partial charge on any atom is 0.119 e. The summed E-state index contributed by atoms with van der Waals surface area (Å²) in [6.45, 7) is 2.64. The topological polar surface area (TPSA) is 33.1 Å². The molecule has 0 fully saturated rings. The number of thioether (sulfide) groups is 1. The highest BCUT2D eigenvalue weighted by molar-refractivity contribution is 8.13. The van der Waals surface area contributed by atoms with Crippen LogP contribution >= 0.6 is 11.8 Å². The Labute approximate surface area is 82.8 Å². The lowest BCUT2D eigenvalue weighted by Crippen LogP contribution is -1.94. The molecule has 0 aliphatic rings. The number of ether oxygens (including phenoxy) is 1. The van der Waals surface area contributed by atoms with Gasteiger partial charge in [0.25, 0.3) is 0 Å². The van der Waals surface area contributed by atoms with Crippen molar-refractivity contribution in [3.8, 4) is 5.75 Å². The molecule has 1 aromatic carbocycles. The van der Waals surface area contributed by atoms with E-state index in [-0.39, 0.29) is 0 Å². The Balaban J connectivity index is 2.75. The van der Waals surface area contributed by atoms with Crippen molar-refractivity contribution < 1.29 is 4.74 Å². The first kappa shape index (κ1) is 10.1. The van der Waals surface area contributed by atoms with Crippen LogP contribution in [0.4, 0.5) is 0 Å². The minimum Gasteiger partial charge on any atom is -0.494 e. The minimum absolute atomic E-state index is 0.586. The first-order valence-corrected chi connectivity index (χ1v) is 5.36. The molecule has 0 unspecified atom stereocenters. The monoisotopic (exact) mass is 195 g/mol. The van der Waals surface area contributed by atoms with Gasteiger partial charge in [0, 0.05) is 5.56 Å². The summed E-state index contributed by atoms with van der Waals surface area (Å²) in [5.41, 5.74) is 0.941. The molecule has 0 aliphatic carbocycles. The van der Waals surface area contributed by atoms with Crippen molar-refractivity contribution in [3.05, 3.63) is 29.8 Å². The van der Waals surface area contributed by atoms with Crippen LogP contribution in [0.1, 0.15) is 12.5 Å². The highest BCUT2D eigenvalue weighted by Gasteiger charge is 1.98. The van der Waals surface area contributed by atoms with Gasteiger partial charge < -0.3 is 4.74 Å². The maximum absolute atomic E-state index is 7.57. The average Bonchev–Trinajstić information content (AvgIpc) is 2.18. The third kappa shape index (κ3) is 2.77. The molecule has 0 saturated carbocycles. The van der Waals surface area contributed by atoms with Crippen LogP contribution in [0, 0.1) is 5.41 Å². The molecule has 0 amide bonds. The quantitative estimate of drug-likeness (QED) is 0.594. The minimum atomic E-state index is 0.586. The van der Waals surface area contributed by atoms with Crippen LogP contribution in [0.5, 0.6) is 5.75 Å². The van der Waals surface area contributed by atoms with Crippen LogP contribution in [0.2, 0.25) is 0 Å². The van der Waals surface area contributed by atoms with Gasteiger partial charge in [0.1, 0.15) is 5.75 Å². The van der Waals surface area contributed by atoms with Gasteiger partial charge in [-0.15, -0.1) is 11.8 Å². The lowest BCUT2D eigenvalue weighted by molar-refractivity contribution is 0.340. The molecule has 0 aliphatic heterocycles. The van der Waals surface area contributed by atoms with Crippen molar-refractivity contribution in [2.75, 3.05) is 12.9 Å². The SMILES string of the molecule is CCOc1ccc(C(=N)SC)cc1. The van der Waals surface area contributed by atoms with Gasteiger partial charge in [-0.3, -0.25) is 5.41 Å². The van der Waals surface area contributed by atoms with Crippen molar-refractivity contribution in [1.29, 1.82) is 5.41 Å². The van der Waals surface area contributed by atoms with Crippen molar-refractivity contribution in [1.82, 2.24) is 0 Å². The number of rotatable bonds is 3. The Morgan fingerprint density at radius 1 is 1.38 bits per heavy atom. The molecular formula is C10H13NOS. The van der Waals surface area contributed by atoms with Crippen LogP contribution in [0.25, 0.3) is 0 Å².